The first kappa shape index (κ1) is 22.8. The Labute approximate surface area is 208 Å². The number of aromatic amines is 1. The molecule has 1 aliphatic heterocycles. The van der Waals surface area contributed by atoms with E-state index in [0.29, 0.717) is 31.4 Å². The zero-order valence-corrected chi connectivity index (χ0v) is 20.3. The lowest BCUT2D eigenvalue weighted by molar-refractivity contribution is 0.0215. The number of ether oxygens (including phenoxy) is 1. The summed E-state index contributed by atoms with van der Waals surface area (Å²) in [5.41, 5.74) is 4.46. The number of rotatable bonds is 8. The van der Waals surface area contributed by atoms with Gasteiger partial charge in [0.05, 0.1) is 17.9 Å². The minimum atomic E-state index is -0.478. The minimum absolute atomic E-state index is 0.163. The van der Waals surface area contributed by atoms with Crippen molar-refractivity contribution in [3.63, 3.8) is 0 Å². The number of β-amino-alcohol motifs (C(OH)–C–C–N with tert-alkyl or cyclic N) is 1. The molecule has 4 heterocycles. The van der Waals surface area contributed by atoms with Crippen molar-refractivity contribution >= 4 is 28.3 Å². The Morgan fingerprint density at radius 2 is 2.14 bits per heavy atom. The average molecular weight is 488 g/mol. The van der Waals surface area contributed by atoms with Crippen molar-refractivity contribution in [1.82, 2.24) is 29.6 Å². The number of aliphatic hydroxyl groups is 1. The third-order valence-corrected chi connectivity index (χ3v) is 7.04. The Hall–Kier alpha value is -3.60. The first-order valence-electron chi connectivity index (χ1n) is 12.2. The highest BCUT2D eigenvalue weighted by Crippen LogP contribution is 2.35. The van der Waals surface area contributed by atoms with Crippen LogP contribution >= 0.6 is 0 Å². The molecule has 2 unspecified atom stereocenters. The van der Waals surface area contributed by atoms with Crippen molar-refractivity contribution in [3.05, 3.63) is 59.7 Å². The van der Waals surface area contributed by atoms with E-state index in [-0.39, 0.29) is 17.8 Å². The Kier molecular flexibility index (Phi) is 5.79. The van der Waals surface area contributed by atoms with Gasteiger partial charge in [-0.05, 0) is 38.0 Å². The van der Waals surface area contributed by atoms with Crippen LogP contribution in [0.2, 0.25) is 0 Å². The third-order valence-electron chi connectivity index (χ3n) is 7.04. The molecule has 0 spiro atoms. The summed E-state index contributed by atoms with van der Waals surface area (Å²) in [6, 6.07) is 7.67. The predicted octanol–water partition coefficient (Wildman–Crippen LogP) is 2.98. The first-order chi connectivity index (χ1) is 17.5. The average Bonchev–Trinajstić information content (AvgIpc) is 3.41. The molecule has 4 aromatic rings. The molecular formula is C26H29N7O3. The molecule has 1 saturated carbocycles. The van der Waals surface area contributed by atoms with E-state index in [1.54, 1.807) is 18.0 Å². The number of carbonyl (C=O) groups excluding carboxylic acids is 1. The molecule has 0 bridgehead atoms. The highest BCUT2D eigenvalue weighted by Gasteiger charge is 2.32. The number of fused-ring (bicyclic) bond motifs is 1. The number of H-pyrrole nitrogens is 1. The molecule has 0 radical (unpaired) electrons. The topological polar surface area (TPSA) is 121 Å². The van der Waals surface area contributed by atoms with Gasteiger partial charge >= 0.3 is 0 Å². The molecular weight excluding hydrogens is 458 g/mol. The van der Waals surface area contributed by atoms with E-state index in [2.05, 4.69) is 30.3 Å². The van der Waals surface area contributed by atoms with E-state index >= 15 is 0 Å². The summed E-state index contributed by atoms with van der Waals surface area (Å²) in [5.74, 6) is 1.46. The zero-order valence-electron chi connectivity index (χ0n) is 20.3. The molecule has 0 amide bonds. The van der Waals surface area contributed by atoms with Crippen molar-refractivity contribution in [2.24, 2.45) is 5.92 Å². The van der Waals surface area contributed by atoms with Gasteiger partial charge in [-0.3, -0.25) is 9.69 Å². The first-order valence-corrected chi connectivity index (χ1v) is 12.2. The Morgan fingerprint density at radius 3 is 2.92 bits per heavy atom. The minimum Gasteiger partial charge on any atom is -0.389 e. The second-order valence-electron chi connectivity index (χ2n) is 9.68. The lowest BCUT2D eigenvalue weighted by Crippen LogP contribution is -2.25. The van der Waals surface area contributed by atoms with Crippen LogP contribution in [0.4, 0.5) is 11.6 Å². The van der Waals surface area contributed by atoms with E-state index in [1.165, 1.54) is 0 Å². The van der Waals surface area contributed by atoms with Gasteiger partial charge in [0.15, 0.2) is 11.6 Å². The summed E-state index contributed by atoms with van der Waals surface area (Å²) in [5, 5.41) is 19.0. The zero-order chi connectivity index (χ0) is 24.8. The molecule has 6 rings (SSSR count). The number of Topliss-reactive ketones (excluding diaryl/α,β-unsaturated/α-hetero) is 1. The maximum atomic E-state index is 12.6. The lowest BCUT2D eigenvalue weighted by atomic mass is 10.1. The lowest BCUT2D eigenvalue weighted by Gasteiger charge is -2.14. The van der Waals surface area contributed by atoms with Crippen LogP contribution in [0.25, 0.3) is 16.7 Å². The molecule has 10 nitrogen and oxygen atoms in total. The van der Waals surface area contributed by atoms with Crippen LogP contribution in [0.1, 0.15) is 34.5 Å². The number of ketones is 1. The van der Waals surface area contributed by atoms with Gasteiger partial charge in [-0.2, -0.15) is 10.1 Å². The molecule has 10 heteroatoms. The summed E-state index contributed by atoms with van der Waals surface area (Å²) in [4.78, 5) is 27.0. The second-order valence-corrected chi connectivity index (χ2v) is 9.68. The van der Waals surface area contributed by atoms with Gasteiger partial charge in [-0.1, -0.05) is 0 Å². The largest absolute Gasteiger partial charge is 0.389 e. The van der Waals surface area contributed by atoms with E-state index in [0.717, 1.165) is 46.3 Å². The number of likely N-dealkylation sites (tertiary alicyclic amines) is 1. The van der Waals surface area contributed by atoms with Crippen molar-refractivity contribution in [1.29, 1.82) is 0 Å². The van der Waals surface area contributed by atoms with Gasteiger partial charge in [0.25, 0.3) is 0 Å². The second kappa shape index (κ2) is 9.12. The molecule has 2 atom stereocenters. The van der Waals surface area contributed by atoms with Gasteiger partial charge in [0.1, 0.15) is 0 Å². The van der Waals surface area contributed by atoms with Crippen LogP contribution in [-0.2, 0) is 11.3 Å². The Bertz CT molecular complexity index is 1420. The summed E-state index contributed by atoms with van der Waals surface area (Å²) >= 11 is 0. The van der Waals surface area contributed by atoms with E-state index in [4.69, 9.17) is 4.74 Å². The maximum Gasteiger partial charge on any atom is 0.229 e. The molecule has 3 aromatic heterocycles. The molecule has 186 valence electrons. The number of benzene rings is 1. The van der Waals surface area contributed by atoms with Gasteiger partial charge < -0.3 is 20.1 Å². The van der Waals surface area contributed by atoms with Crippen molar-refractivity contribution < 1.29 is 14.6 Å². The fourth-order valence-electron chi connectivity index (χ4n) is 4.84. The molecule has 2 fully saturated rings. The fraction of sp³-hybridized carbons (Fsp3) is 0.385. The van der Waals surface area contributed by atoms with Gasteiger partial charge in [-0.25, -0.2) is 9.67 Å². The number of methoxy groups -OCH3 is 1. The van der Waals surface area contributed by atoms with Crippen molar-refractivity contribution in [2.45, 2.75) is 38.5 Å². The van der Waals surface area contributed by atoms with Crippen molar-refractivity contribution in [2.75, 3.05) is 25.5 Å². The molecule has 36 heavy (non-hydrogen) atoms. The van der Waals surface area contributed by atoms with Crippen LogP contribution in [-0.4, -0.2) is 72.9 Å². The smallest absolute Gasteiger partial charge is 0.229 e. The van der Waals surface area contributed by atoms with Crippen LogP contribution in [0.15, 0.2) is 42.9 Å². The number of nitrogens with zero attached hydrogens (tertiary/aromatic N) is 5. The monoisotopic (exact) mass is 487 g/mol. The summed E-state index contributed by atoms with van der Waals surface area (Å²) < 4.78 is 7.10. The number of hydrogen-bond donors (Lipinski definition) is 3. The molecule has 2 aliphatic rings. The predicted molar refractivity (Wildman–Crippen MR) is 135 cm³/mol. The van der Waals surface area contributed by atoms with Crippen LogP contribution in [0.5, 0.6) is 0 Å². The number of carbonyl (C=O) groups is 1. The molecule has 1 aromatic carbocycles. The highest BCUT2D eigenvalue weighted by molar-refractivity contribution is 6.10. The summed E-state index contributed by atoms with van der Waals surface area (Å²) in [6.07, 6.45) is 6.78. The standard InChI is InChI=1S/C26H29N7O3/c1-15-17(11-32-13-22(34)23(14-32)36-2)12-33(31-15)24-7-8-27-26(30-24)29-18-5-6-21-19(9-18)20(10-28-21)25(35)16-3-4-16/h5-10,12,16,22-23,28,34H,3-4,11,13-14H2,1-2H3,(H,27,29,30). The van der Waals surface area contributed by atoms with Gasteiger partial charge in [-0.15, -0.1) is 0 Å². The number of aryl methyl sites for hydroxylation is 1. The van der Waals surface area contributed by atoms with E-state index in [1.807, 2.05) is 43.6 Å². The Balaban J connectivity index is 1.20. The number of anilines is 2. The number of aliphatic hydroxyl groups excluding tert-OH is 1. The normalized spacial score (nSPS) is 20.3. The fourth-order valence-corrected chi connectivity index (χ4v) is 4.84. The van der Waals surface area contributed by atoms with E-state index in [9.17, 15) is 9.90 Å². The molecule has 1 aliphatic carbocycles. The Morgan fingerprint density at radius 1 is 1.28 bits per heavy atom. The van der Waals surface area contributed by atoms with Crippen LogP contribution < -0.4 is 5.32 Å². The van der Waals surface area contributed by atoms with E-state index < -0.39 is 6.10 Å². The SMILES string of the molecule is COC1CN(Cc2cn(-c3ccnc(Nc4ccc5[nH]cc(C(=O)C6CC6)c5c4)n3)nc2C)CC1O. The number of aromatic nitrogens is 5. The van der Waals surface area contributed by atoms with Crippen LogP contribution in [0, 0.1) is 12.8 Å². The third kappa shape index (κ3) is 4.39. The molecule has 3 N–H and O–H groups in total. The van der Waals surface area contributed by atoms with Crippen molar-refractivity contribution in [3.8, 4) is 5.82 Å². The summed E-state index contributed by atoms with van der Waals surface area (Å²) in [6.45, 7) is 3.91. The maximum absolute atomic E-state index is 12.6. The van der Waals surface area contributed by atoms with Gasteiger partial charge in [0, 0.05) is 85.0 Å². The van der Waals surface area contributed by atoms with Crippen LogP contribution in [0.3, 0.4) is 0 Å². The summed E-state index contributed by atoms with van der Waals surface area (Å²) in [7, 11) is 1.63. The number of hydrogen-bond acceptors (Lipinski definition) is 8. The highest BCUT2D eigenvalue weighted by atomic mass is 16.5. The number of nitrogens with one attached hydrogen (secondary N) is 2. The molecule has 1 saturated heterocycles. The van der Waals surface area contributed by atoms with Gasteiger partial charge in [0.2, 0.25) is 5.95 Å². The quantitative estimate of drug-likeness (QED) is 0.325.